The van der Waals surface area contributed by atoms with Gasteiger partial charge in [-0.05, 0) is 42.8 Å². The molecule has 0 unspecified atom stereocenters. The highest BCUT2D eigenvalue weighted by Gasteiger charge is 2.21. The molecule has 0 radical (unpaired) electrons. The van der Waals surface area contributed by atoms with Gasteiger partial charge in [0.15, 0.2) is 17.3 Å². The van der Waals surface area contributed by atoms with Crippen molar-refractivity contribution in [1.82, 2.24) is 4.90 Å². The van der Waals surface area contributed by atoms with Crippen molar-refractivity contribution in [3.05, 3.63) is 63.6 Å². The molecule has 0 fully saturated rings. The van der Waals surface area contributed by atoms with Crippen molar-refractivity contribution in [3.8, 4) is 5.75 Å². The number of rotatable bonds is 4. The summed E-state index contributed by atoms with van der Waals surface area (Å²) < 4.78 is 25.4. The van der Waals surface area contributed by atoms with Crippen LogP contribution >= 0.6 is 15.9 Å². The van der Waals surface area contributed by atoms with Crippen molar-refractivity contribution < 1.29 is 18.3 Å². The predicted octanol–water partition coefficient (Wildman–Crippen LogP) is 4.92. The molecule has 0 spiro atoms. The molecule has 1 amide bonds. The lowest BCUT2D eigenvalue weighted by atomic mass is 10.1. The molecule has 0 bridgehead atoms. The molecule has 1 heterocycles. The van der Waals surface area contributed by atoms with Gasteiger partial charge in [0.25, 0.3) is 5.91 Å². The van der Waals surface area contributed by atoms with E-state index in [0.29, 0.717) is 16.9 Å². The molecule has 0 atom stereocenters. The number of fused-ring (bicyclic) bond motifs is 1. The zero-order chi connectivity index (χ0) is 18.1. The Labute approximate surface area is 153 Å². The van der Waals surface area contributed by atoms with Gasteiger partial charge in [0, 0.05) is 29.0 Å². The number of benzene rings is 2. The average Bonchev–Trinajstić information content (AvgIpc) is 2.91. The molecule has 0 aliphatic heterocycles. The molecule has 6 heteroatoms. The van der Waals surface area contributed by atoms with Crippen LogP contribution in [-0.4, -0.2) is 25.0 Å². The van der Waals surface area contributed by atoms with E-state index in [-0.39, 0.29) is 18.2 Å². The summed E-state index contributed by atoms with van der Waals surface area (Å²) in [7, 11) is 3.07. The molecule has 0 saturated heterocycles. The molecule has 0 aliphatic rings. The first-order valence-corrected chi connectivity index (χ1v) is 8.46. The number of aryl methyl sites for hydroxylation is 1. The van der Waals surface area contributed by atoms with Crippen LogP contribution in [0.15, 0.2) is 45.3 Å². The second-order valence-electron chi connectivity index (χ2n) is 5.83. The Morgan fingerprint density at radius 3 is 2.72 bits per heavy atom. The van der Waals surface area contributed by atoms with Crippen molar-refractivity contribution in [3.63, 3.8) is 0 Å². The van der Waals surface area contributed by atoms with Gasteiger partial charge in [0.2, 0.25) is 0 Å². The monoisotopic (exact) mass is 405 g/mol. The average molecular weight is 406 g/mol. The second-order valence-corrected chi connectivity index (χ2v) is 6.74. The Morgan fingerprint density at radius 1 is 1.28 bits per heavy atom. The molecular weight excluding hydrogens is 389 g/mol. The molecule has 2 aromatic carbocycles. The lowest BCUT2D eigenvalue weighted by molar-refractivity contribution is 0.0754. The van der Waals surface area contributed by atoms with E-state index in [0.717, 1.165) is 15.4 Å². The Bertz CT molecular complexity index is 951. The highest BCUT2D eigenvalue weighted by molar-refractivity contribution is 9.10. The Hall–Kier alpha value is -2.34. The molecule has 4 nitrogen and oxygen atoms in total. The van der Waals surface area contributed by atoms with Crippen molar-refractivity contribution in [2.45, 2.75) is 13.5 Å². The van der Waals surface area contributed by atoms with Gasteiger partial charge in [-0.25, -0.2) is 4.39 Å². The number of furan rings is 1. The van der Waals surface area contributed by atoms with Crippen LogP contribution in [0.1, 0.15) is 21.7 Å². The fraction of sp³-hybridized carbons (Fsp3) is 0.211. The summed E-state index contributed by atoms with van der Waals surface area (Å²) in [4.78, 5) is 14.2. The molecule has 3 rings (SSSR count). The van der Waals surface area contributed by atoms with Crippen LogP contribution in [0.5, 0.6) is 5.75 Å². The maximum atomic E-state index is 13.8. The third-order valence-corrected chi connectivity index (χ3v) is 4.57. The van der Waals surface area contributed by atoms with Crippen molar-refractivity contribution in [2.75, 3.05) is 14.2 Å². The molecule has 0 N–H and O–H groups in total. The first kappa shape index (κ1) is 17.5. The number of hydrogen-bond donors (Lipinski definition) is 0. The smallest absolute Gasteiger partial charge is 0.289 e. The highest BCUT2D eigenvalue weighted by atomic mass is 79.9. The Balaban J connectivity index is 1.85. The minimum absolute atomic E-state index is 0.177. The summed E-state index contributed by atoms with van der Waals surface area (Å²) in [6, 6.07) is 10.3. The van der Waals surface area contributed by atoms with Crippen molar-refractivity contribution in [2.24, 2.45) is 0 Å². The highest BCUT2D eigenvalue weighted by Crippen LogP contribution is 2.29. The molecule has 130 valence electrons. The van der Waals surface area contributed by atoms with Crippen LogP contribution in [0.3, 0.4) is 0 Å². The molecule has 0 saturated carbocycles. The largest absolute Gasteiger partial charge is 0.494 e. The summed E-state index contributed by atoms with van der Waals surface area (Å²) in [5.41, 5.74) is 2.12. The third-order valence-electron chi connectivity index (χ3n) is 4.08. The van der Waals surface area contributed by atoms with Gasteiger partial charge in [-0.15, -0.1) is 0 Å². The summed E-state index contributed by atoms with van der Waals surface area (Å²) in [6.07, 6.45) is 0. The first-order valence-electron chi connectivity index (χ1n) is 7.67. The molecule has 1 aromatic heterocycles. The van der Waals surface area contributed by atoms with Crippen molar-refractivity contribution in [1.29, 1.82) is 0 Å². The molecule has 3 aromatic rings. The molecular formula is C19H17BrFNO3. The van der Waals surface area contributed by atoms with Crippen LogP contribution in [0, 0.1) is 12.7 Å². The lowest BCUT2D eigenvalue weighted by Gasteiger charge is -2.16. The van der Waals surface area contributed by atoms with E-state index in [1.54, 1.807) is 19.2 Å². The summed E-state index contributed by atoms with van der Waals surface area (Å²) in [6.45, 7) is 2.12. The van der Waals surface area contributed by atoms with Crippen LogP contribution in [0.4, 0.5) is 4.39 Å². The van der Waals surface area contributed by atoms with Gasteiger partial charge in [0.1, 0.15) is 5.58 Å². The predicted molar refractivity (Wildman–Crippen MR) is 97.4 cm³/mol. The maximum Gasteiger partial charge on any atom is 0.289 e. The van der Waals surface area contributed by atoms with Gasteiger partial charge in [-0.3, -0.25) is 4.79 Å². The standard InChI is InChI=1S/C19H17BrFNO3/c1-11-14-9-13(20)5-7-16(14)25-18(11)19(23)22(2)10-12-4-6-17(24-3)15(21)8-12/h4-9H,10H2,1-3H3. The Morgan fingerprint density at radius 2 is 2.04 bits per heavy atom. The first-order chi connectivity index (χ1) is 11.9. The zero-order valence-electron chi connectivity index (χ0n) is 14.1. The minimum Gasteiger partial charge on any atom is -0.494 e. The fourth-order valence-electron chi connectivity index (χ4n) is 2.72. The lowest BCUT2D eigenvalue weighted by Crippen LogP contribution is -2.26. The van der Waals surface area contributed by atoms with Crippen LogP contribution in [0.25, 0.3) is 11.0 Å². The van der Waals surface area contributed by atoms with Crippen LogP contribution in [0.2, 0.25) is 0 Å². The number of amides is 1. The summed E-state index contributed by atoms with van der Waals surface area (Å²) in [5, 5.41) is 0.890. The minimum atomic E-state index is -0.453. The van der Waals surface area contributed by atoms with E-state index in [4.69, 9.17) is 9.15 Å². The molecule has 0 aliphatic carbocycles. The second kappa shape index (κ2) is 6.88. The van der Waals surface area contributed by atoms with E-state index in [9.17, 15) is 9.18 Å². The van der Waals surface area contributed by atoms with Gasteiger partial charge in [-0.2, -0.15) is 0 Å². The van der Waals surface area contributed by atoms with Gasteiger partial charge < -0.3 is 14.1 Å². The van der Waals surface area contributed by atoms with E-state index < -0.39 is 5.82 Å². The number of ether oxygens (including phenoxy) is 1. The number of halogens is 2. The normalized spacial score (nSPS) is 10.9. The number of carbonyl (C=O) groups is 1. The summed E-state index contributed by atoms with van der Waals surface area (Å²) in [5.74, 6) is -0.229. The number of nitrogens with zero attached hydrogens (tertiary/aromatic N) is 1. The quantitative estimate of drug-likeness (QED) is 0.618. The van der Waals surface area contributed by atoms with E-state index >= 15 is 0 Å². The number of carbonyl (C=O) groups excluding carboxylic acids is 1. The van der Waals surface area contributed by atoms with E-state index in [1.165, 1.54) is 18.1 Å². The maximum absolute atomic E-state index is 13.8. The third kappa shape index (κ3) is 3.39. The van der Waals surface area contributed by atoms with Gasteiger partial charge in [-0.1, -0.05) is 22.0 Å². The zero-order valence-corrected chi connectivity index (χ0v) is 15.7. The van der Waals surface area contributed by atoms with Gasteiger partial charge in [0.05, 0.1) is 7.11 Å². The number of hydrogen-bond acceptors (Lipinski definition) is 3. The van der Waals surface area contributed by atoms with Gasteiger partial charge >= 0.3 is 0 Å². The summed E-state index contributed by atoms with van der Waals surface area (Å²) >= 11 is 3.42. The SMILES string of the molecule is COc1ccc(CN(C)C(=O)c2oc3ccc(Br)cc3c2C)cc1F. The number of methoxy groups -OCH3 is 1. The topological polar surface area (TPSA) is 42.7 Å². The van der Waals surface area contributed by atoms with Crippen LogP contribution < -0.4 is 4.74 Å². The van der Waals surface area contributed by atoms with E-state index in [1.807, 2.05) is 25.1 Å². The Kier molecular flexibility index (Phi) is 4.81. The van der Waals surface area contributed by atoms with E-state index in [2.05, 4.69) is 15.9 Å². The van der Waals surface area contributed by atoms with Crippen LogP contribution in [-0.2, 0) is 6.54 Å². The fourth-order valence-corrected chi connectivity index (χ4v) is 3.09. The molecule has 25 heavy (non-hydrogen) atoms. The van der Waals surface area contributed by atoms with Crippen molar-refractivity contribution >= 4 is 32.8 Å².